The first-order valence-electron chi connectivity index (χ1n) is 6.88. The standard InChI is InChI=1S/C17H18FNO3/c1-21-15-6-7-16(22-2)12(11-15)8-9-19-17(20)13-4-3-5-14(18)10-13/h3-7,10-11H,8-9H2,1-2H3,(H,19,20). The van der Waals surface area contributed by atoms with Crippen molar-refractivity contribution < 1.29 is 18.7 Å². The minimum Gasteiger partial charge on any atom is -0.497 e. The van der Waals surface area contributed by atoms with Gasteiger partial charge in [0.25, 0.3) is 5.91 Å². The van der Waals surface area contributed by atoms with Crippen molar-refractivity contribution >= 4 is 5.91 Å². The number of benzene rings is 2. The summed E-state index contributed by atoms with van der Waals surface area (Å²) in [7, 11) is 3.19. The highest BCUT2D eigenvalue weighted by Crippen LogP contribution is 2.24. The third kappa shape index (κ3) is 3.97. The zero-order chi connectivity index (χ0) is 15.9. The lowest BCUT2D eigenvalue weighted by Crippen LogP contribution is -2.25. The van der Waals surface area contributed by atoms with Crippen molar-refractivity contribution in [3.63, 3.8) is 0 Å². The SMILES string of the molecule is COc1ccc(OC)c(CCNC(=O)c2cccc(F)c2)c1. The van der Waals surface area contributed by atoms with Crippen molar-refractivity contribution in [3.05, 3.63) is 59.4 Å². The summed E-state index contributed by atoms with van der Waals surface area (Å²) in [4.78, 5) is 11.9. The van der Waals surface area contributed by atoms with Crippen molar-refractivity contribution in [1.29, 1.82) is 0 Å². The highest BCUT2D eigenvalue weighted by molar-refractivity contribution is 5.94. The Hall–Kier alpha value is -2.56. The Labute approximate surface area is 128 Å². The first-order valence-corrected chi connectivity index (χ1v) is 6.88. The Morgan fingerprint density at radius 3 is 2.64 bits per heavy atom. The fourth-order valence-corrected chi connectivity index (χ4v) is 2.12. The summed E-state index contributed by atoms with van der Waals surface area (Å²) in [5.74, 6) is 0.733. The number of halogens is 1. The maximum Gasteiger partial charge on any atom is 0.251 e. The van der Waals surface area contributed by atoms with Gasteiger partial charge in [-0.3, -0.25) is 4.79 Å². The van der Waals surface area contributed by atoms with E-state index < -0.39 is 5.82 Å². The molecule has 0 bridgehead atoms. The quantitative estimate of drug-likeness (QED) is 0.892. The van der Waals surface area contributed by atoms with Crippen LogP contribution < -0.4 is 14.8 Å². The lowest BCUT2D eigenvalue weighted by Gasteiger charge is -2.11. The molecule has 2 rings (SSSR count). The molecule has 5 heteroatoms. The number of methoxy groups -OCH3 is 2. The molecule has 1 N–H and O–H groups in total. The number of hydrogen-bond donors (Lipinski definition) is 1. The van der Waals surface area contributed by atoms with E-state index in [1.165, 1.54) is 18.2 Å². The number of hydrogen-bond acceptors (Lipinski definition) is 3. The normalized spacial score (nSPS) is 10.1. The van der Waals surface area contributed by atoms with Crippen LogP contribution in [-0.4, -0.2) is 26.7 Å². The van der Waals surface area contributed by atoms with Crippen LogP contribution in [0.2, 0.25) is 0 Å². The average molecular weight is 303 g/mol. The Kier molecular flexibility index (Phi) is 5.36. The molecule has 0 fully saturated rings. The highest BCUT2D eigenvalue weighted by atomic mass is 19.1. The van der Waals surface area contributed by atoms with Gasteiger partial charge >= 0.3 is 0 Å². The zero-order valence-electron chi connectivity index (χ0n) is 12.6. The largest absolute Gasteiger partial charge is 0.497 e. The van der Waals surface area contributed by atoms with E-state index in [9.17, 15) is 9.18 Å². The van der Waals surface area contributed by atoms with Gasteiger partial charge in [-0.1, -0.05) is 6.07 Å². The maximum absolute atomic E-state index is 13.1. The minimum atomic E-state index is -0.429. The molecule has 0 spiro atoms. The van der Waals surface area contributed by atoms with Gasteiger partial charge in [0.2, 0.25) is 0 Å². The summed E-state index contributed by atoms with van der Waals surface area (Å²) in [5, 5.41) is 2.76. The van der Waals surface area contributed by atoms with E-state index in [0.29, 0.717) is 18.5 Å². The van der Waals surface area contributed by atoms with Gasteiger partial charge in [0.05, 0.1) is 14.2 Å². The summed E-state index contributed by atoms with van der Waals surface area (Å²) >= 11 is 0. The van der Waals surface area contributed by atoms with Gasteiger partial charge in [-0.05, 0) is 48.4 Å². The highest BCUT2D eigenvalue weighted by Gasteiger charge is 2.08. The topological polar surface area (TPSA) is 47.6 Å². The van der Waals surface area contributed by atoms with Gasteiger partial charge in [0, 0.05) is 12.1 Å². The molecule has 1 amide bonds. The average Bonchev–Trinajstić information content (AvgIpc) is 2.54. The second-order valence-corrected chi connectivity index (χ2v) is 4.69. The monoisotopic (exact) mass is 303 g/mol. The molecule has 0 aliphatic carbocycles. The molecule has 0 atom stereocenters. The van der Waals surface area contributed by atoms with E-state index in [1.807, 2.05) is 18.2 Å². The molecule has 0 saturated carbocycles. The maximum atomic E-state index is 13.1. The Bertz CT molecular complexity index is 658. The molecule has 0 heterocycles. The van der Waals surface area contributed by atoms with Crippen LogP contribution in [0.5, 0.6) is 11.5 Å². The molecule has 116 valence electrons. The summed E-state index contributed by atoms with van der Waals surface area (Å²) in [6.07, 6.45) is 0.585. The first kappa shape index (κ1) is 15.8. The molecular formula is C17H18FNO3. The molecule has 2 aromatic rings. The van der Waals surface area contributed by atoms with Crippen molar-refractivity contribution in [1.82, 2.24) is 5.32 Å². The van der Waals surface area contributed by atoms with Crippen LogP contribution in [0.3, 0.4) is 0 Å². The van der Waals surface area contributed by atoms with Crippen molar-refractivity contribution in [2.75, 3.05) is 20.8 Å². The van der Waals surface area contributed by atoms with Crippen LogP contribution in [0, 0.1) is 5.82 Å². The Morgan fingerprint density at radius 1 is 1.14 bits per heavy atom. The second kappa shape index (κ2) is 7.45. The number of nitrogens with one attached hydrogen (secondary N) is 1. The number of rotatable bonds is 6. The van der Waals surface area contributed by atoms with E-state index in [4.69, 9.17) is 9.47 Å². The van der Waals surface area contributed by atoms with Gasteiger partial charge < -0.3 is 14.8 Å². The number of carbonyl (C=O) groups is 1. The van der Waals surface area contributed by atoms with Crippen LogP contribution in [0.15, 0.2) is 42.5 Å². The summed E-state index contributed by atoms with van der Waals surface area (Å²) < 4.78 is 23.6. The second-order valence-electron chi connectivity index (χ2n) is 4.69. The number of amides is 1. The van der Waals surface area contributed by atoms with Crippen molar-refractivity contribution in [2.24, 2.45) is 0 Å². The lowest BCUT2D eigenvalue weighted by atomic mass is 10.1. The van der Waals surface area contributed by atoms with Crippen LogP contribution in [0.4, 0.5) is 4.39 Å². The molecule has 0 radical (unpaired) electrons. The van der Waals surface area contributed by atoms with Gasteiger partial charge in [-0.25, -0.2) is 4.39 Å². The summed E-state index contributed by atoms with van der Waals surface area (Å²) in [5.41, 5.74) is 1.24. The first-order chi connectivity index (χ1) is 10.6. The summed E-state index contributed by atoms with van der Waals surface area (Å²) in [6, 6.07) is 11.1. The molecule has 0 unspecified atom stereocenters. The predicted octanol–water partition coefficient (Wildman–Crippen LogP) is 2.82. The van der Waals surface area contributed by atoms with E-state index in [0.717, 1.165) is 17.1 Å². The molecule has 0 aliphatic rings. The zero-order valence-corrected chi connectivity index (χ0v) is 12.6. The molecule has 22 heavy (non-hydrogen) atoms. The third-order valence-corrected chi connectivity index (χ3v) is 3.25. The molecule has 2 aromatic carbocycles. The van der Waals surface area contributed by atoms with Gasteiger partial charge in [0.15, 0.2) is 0 Å². The van der Waals surface area contributed by atoms with Gasteiger partial charge in [-0.2, -0.15) is 0 Å². The predicted molar refractivity (Wildman–Crippen MR) is 82.0 cm³/mol. The van der Waals surface area contributed by atoms with Gasteiger partial charge in [0.1, 0.15) is 17.3 Å². The Morgan fingerprint density at radius 2 is 1.95 bits per heavy atom. The van der Waals surface area contributed by atoms with E-state index >= 15 is 0 Å². The fourth-order valence-electron chi connectivity index (χ4n) is 2.12. The molecule has 0 aromatic heterocycles. The van der Waals surface area contributed by atoms with Crippen LogP contribution in [0.1, 0.15) is 15.9 Å². The molecule has 4 nitrogen and oxygen atoms in total. The lowest BCUT2D eigenvalue weighted by molar-refractivity contribution is 0.0953. The van der Waals surface area contributed by atoms with Crippen molar-refractivity contribution in [3.8, 4) is 11.5 Å². The van der Waals surface area contributed by atoms with E-state index in [1.54, 1.807) is 20.3 Å². The van der Waals surface area contributed by atoms with Gasteiger partial charge in [-0.15, -0.1) is 0 Å². The van der Waals surface area contributed by atoms with Crippen LogP contribution in [0.25, 0.3) is 0 Å². The molecule has 0 saturated heterocycles. The smallest absolute Gasteiger partial charge is 0.251 e. The molecule has 0 aliphatic heterocycles. The summed E-state index contributed by atoms with van der Waals surface area (Å²) in [6.45, 7) is 0.416. The molecular weight excluding hydrogens is 285 g/mol. The number of ether oxygens (including phenoxy) is 2. The Balaban J connectivity index is 1.97. The fraction of sp³-hybridized carbons (Fsp3) is 0.235. The van der Waals surface area contributed by atoms with Crippen LogP contribution >= 0.6 is 0 Å². The number of carbonyl (C=O) groups excluding carboxylic acids is 1. The minimum absolute atomic E-state index is 0.303. The van der Waals surface area contributed by atoms with E-state index in [-0.39, 0.29) is 5.91 Å². The van der Waals surface area contributed by atoms with E-state index in [2.05, 4.69) is 5.32 Å². The van der Waals surface area contributed by atoms with Crippen molar-refractivity contribution in [2.45, 2.75) is 6.42 Å². The third-order valence-electron chi connectivity index (χ3n) is 3.25. The van der Waals surface area contributed by atoms with Crippen LogP contribution in [-0.2, 0) is 6.42 Å².